The molecule has 0 aromatic rings. The van der Waals surface area contributed by atoms with Crippen LogP contribution in [0.3, 0.4) is 0 Å². The normalized spacial score (nSPS) is 36.6. The van der Waals surface area contributed by atoms with E-state index in [0.717, 1.165) is 0 Å². The fourth-order valence-electron chi connectivity index (χ4n) is 2.72. The van der Waals surface area contributed by atoms with Gasteiger partial charge in [0.25, 0.3) is 0 Å². The number of halogens is 3. The van der Waals surface area contributed by atoms with Crippen LogP contribution in [0.4, 0.5) is 13.2 Å². The van der Waals surface area contributed by atoms with Crippen molar-refractivity contribution in [3.63, 3.8) is 0 Å². The van der Waals surface area contributed by atoms with Gasteiger partial charge in [-0.3, -0.25) is 4.79 Å². The molecule has 0 aromatic heterocycles. The number of hydrogen-bond acceptors (Lipinski definition) is 6. The molecule has 134 valence electrons. The summed E-state index contributed by atoms with van der Waals surface area (Å²) in [4.78, 5) is 10.8. The Balaban J connectivity index is 2.01. The molecule has 2 fully saturated rings. The van der Waals surface area contributed by atoms with Gasteiger partial charge in [-0.05, 0) is 20.3 Å². The highest BCUT2D eigenvalue weighted by Gasteiger charge is 2.58. The van der Waals surface area contributed by atoms with E-state index in [4.69, 9.17) is 18.9 Å². The topological polar surface area (TPSA) is 86.2 Å². The lowest BCUT2D eigenvalue weighted by molar-refractivity contribution is -0.265. The first-order valence-corrected chi connectivity index (χ1v) is 7.06. The molecule has 2 heterocycles. The van der Waals surface area contributed by atoms with Crippen molar-refractivity contribution in [3.8, 4) is 0 Å². The quantitative estimate of drug-likeness (QED) is 0.764. The van der Waals surface area contributed by atoms with E-state index in [2.05, 4.69) is 0 Å². The van der Waals surface area contributed by atoms with Crippen LogP contribution < -0.4 is 5.32 Å². The number of hydrogen-bond donors (Lipinski definition) is 2. The van der Waals surface area contributed by atoms with Crippen LogP contribution in [0, 0.1) is 0 Å². The van der Waals surface area contributed by atoms with Gasteiger partial charge in [-0.15, -0.1) is 0 Å². The minimum absolute atomic E-state index is 0.189. The van der Waals surface area contributed by atoms with E-state index in [1.165, 1.54) is 7.11 Å². The first-order valence-electron chi connectivity index (χ1n) is 7.06. The van der Waals surface area contributed by atoms with Gasteiger partial charge in [-0.25, -0.2) is 0 Å². The molecular formula is C13H20F3NO6. The summed E-state index contributed by atoms with van der Waals surface area (Å²) in [7, 11) is 1.41. The van der Waals surface area contributed by atoms with Crippen molar-refractivity contribution in [2.45, 2.75) is 56.3 Å². The Bertz CT molecular complexity index is 457. The number of rotatable bonds is 4. The molecule has 10 heteroatoms. The number of ether oxygens (including phenoxy) is 4. The molecule has 2 rings (SSSR count). The second kappa shape index (κ2) is 6.17. The third kappa shape index (κ3) is 3.94. The fourth-order valence-corrected chi connectivity index (χ4v) is 2.72. The van der Waals surface area contributed by atoms with Crippen LogP contribution in [-0.4, -0.2) is 67.3 Å². The van der Waals surface area contributed by atoms with Crippen LogP contribution in [0.5, 0.6) is 0 Å². The van der Waals surface area contributed by atoms with Gasteiger partial charge >= 0.3 is 12.1 Å². The van der Waals surface area contributed by atoms with E-state index in [1.807, 2.05) is 0 Å². The molecule has 4 atom stereocenters. The van der Waals surface area contributed by atoms with Gasteiger partial charge in [0.05, 0.1) is 6.61 Å². The van der Waals surface area contributed by atoms with Crippen molar-refractivity contribution < 1.29 is 42.0 Å². The molecule has 0 aromatic carbocycles. The Kier molecular flexibility index (Phi) is 4.94. The minimum Gasteiger partial charge on any atom is -0.385 e. The highest BCUT2D eigenvalue weighted by molar-refractivity contribution is 5.81. The number of amides is 1. The molecule has 2 aliphatic heterocycles. The van der Waals surface area contributed by atoms with Crippen LogP contribution >= 0.6 is 0 Å². The van der Waals surface area contributed by atoms with Gasteiger partial charge in [0.1, 0.15) is 17.8 Å². The third-order valence-electron chi connectivity index (χ3n) is 3.76. The largest absolute Gasteiger partial charge is 0.471 e. The van der Waals surface area contributed by atoms with Crippen molar-refractivity contribution in [1.29, 1.82) is 0 Å². The maximum absolute atomic E-state index is 12.2. The zero-order chi connectivity index (χ0) is 17.5. The highest BCUT2D eigenvalue weighted by Crippen LogP contribution is 2.41. The summed E-state index contributed by atoms with van der Waals surface area (Å²) in [6.07, 6.45) is -7.49. The van der Waals surface area contributed by atoms with Crippen molar-refractivity contribution in [1.82, 2.24) is 5.32 Å². The van der Waals surface area contributed by atoms with E-state index in [9.17, 15) is 23.1 Å². The van der Waals surface area contributed by atoms with E-state index in [1.54, 1.807) is 19.2 Å². The first-order chi connectivity index (χ1) is 10.5. The zero-order valence-electron chi connectivity index (χ0n) is 13.0. The average molecular weight is 343 g/mol. The van der Waals surface area contributed by atoms with Crippen molar-refractivity contribution in [3.05, 3.63) is 0 Å². The highest BCUT2D eigenvalue weighted by atomic mass is 19.4. The number of methoxy groups -OCH3 is 1. The Morgan fingerprint density at radius 2 is 2.04 bits per heavy atom. The molecule has 0 radical (unpaired) electrons. The molecule has 0 bridgehead atoms. The van der Waals surface area contributed by atoms with E-state index < -0.39 is 42.0 Å². The Morgan fingerprint density at radius 1 is 1.39 bits per heavy atom. The van der Waals surface area contributed by atoms with E-state index in [0.29, 0.717) is 0 Å². The Morgan fingerprint density at radius 3 is 2.61 bits per heavy atom. The lowest BCUT2D eigenvalue weighted by Gasteiger charge is -2.42. The maximum atomic E-state index is 12.2. The van der Waals surface area contributed by atoms with Gasteiger partial charge in [0, 0.05) is 13.7 Å². The molecule has 2 aliphatic rings. The maximum Gasteiger partial charge on any atom is 0.471 e. The molecule has 23 heavy (non-hydrogen) atoms. The predicted octanol–water partition coefficient (Wildman–Crippen LogP) is 0.309. The summed E-state index contributed by atoms with van der Waals surface area (Å²) in [5.41, 5.74) is -1.60. The summed E-state index contributed by atoms with van der Waals surface area (Å²) in [6, 6.07) is 0. The molecule has 0 spiro atoms. The van der Waals surface area contributed by atoms with Crippen LogP contribution in [0.25, 0.3) is 0 Å². The Hall–Kier alpha value is -0.940. The van der Waals surface area contributed by atoms with Gasteiger partial charge in [0.2, 0.25) is 0 Å². The monoisotopic (exact) mass is 343 g/mol. The summed E-state index contributed by atoms with van der Waals surface area (Å²) in [5, 5.41) is 12.4. The van der Waals surface area contributed by atoms with Gasteiger partial charge < -0.3 is 29.4 Å². The van der Waals surface area contributed by atoms with Crippen LogP contribution in [-0.2, 0) is 23.7 Å². The van der Waals surface area contributed by atoms with E-state index in [-0.39, 0.29) is 19.6 Å². The number of carbonyl (C=O) groups is 1. The number of alkyl halides is 3. The van der Waals surface area contributed by atoms with Crippen LogP contribution in [0.15, 0.2) is 0 Å². The van der Waals surface area contributed by atoms with Gasteiger partial charge in [0.15, 0.2) is 12.1 Å². The number of nitrogens with one attached hydrogen (secondary N) is 1. The van der Waals surface area contributed by atoms with Crippen molar-refractivity contribution in [2.24, 2.45) is 0 Å². The van der Waals surface area contributed by atoms with Crippen LogP contribution in [0.2, 0.25) is 0 Å². The predicted molar refractivity (Wildman–Crippen MR) is 69.2 cm³/mol. The number of carbonyl (C=O) groups excluding carboxylic acids is 1. The van der Waals surface area contributed by atoms with Crippen LogP contribution in [0.1, 0.15) is 20.3 Å². The average Bonchev–Trinajstić information content (AvgIpc) is 2.75. The lowest BCUT2D eigenvalue weighted by Crippen LogP contribution is -2.61. The molecule has 0 saturated carbocycles. The Labute approximate surface area is 131 Å². The standard InChI is InChI=1S/C13H20F3NO6/c1-11(2)22-7-8(23-11)12(19,6-21-9(7)20-3)4-5-17-10(18)13(14,15)16/h7-9,19H,4-6H2,1-3H3,(H,17,18)/t7-,8+,9-,12-/m1/s1. The molecular weight excluding hydrogens is 323 g/mol. The molecule has 7 nitrogen and oxygen atoms in total. The zero-order valence-corrected chi connectivity index (χ0v) is 13.0. The van der Waals surface area contributed by atoms with Gasteiger partial charge in [-0.2, -0.15) is 13.2 Å². The summed E-state index contributed by atoms with van der Waals surface area (Å²) in [5.74, 6) is -3.06. The molecule has 0 aliphatic carbocycles. The minimum atomic E-state index is -4.97. The van der Waals surface area contributed by atoms with Crippen molar-refractivity contribution in [2.75, 3.05) is 20.3 Å². The lowest BCUT2D eigenvalue weighted by atomic mass is 9.87. The molecule has 2 N–H and O–H groups in total. The smallest absolute Gasteiger partial charge is 0.385 e. The molecule has 0 unspecified atom stereocenters. The molecule has 2 saturated heterocycles. The molecule has 1 amide bonds. The second-order valence-electron chi connectivity index (χ2n) is 6.04. The second-order valence-corrected chi connectivity index (χ2v) is 6.04. The van der Waals surface area contributed by atoms with Gasteiger partial charge in [-0.1, -0.05) is 0 Å². The number of aliphatic hydroxyl groups is 1. The van der Waals surface area contributed by atoms with E-state index >= 15 is 0 Å². The summed E-state index contributed by atoms with van der Waals surface area (Å²) >= 11 is 0. The van der Waals surface area contributed by atoms with Crippen molar-refractivity contribution >= 4 is 5.91 Å². The third-order valence-corrected chi connectivity index (χ3v) is 3.76. The fraction of sp³-hybridized carbons (Fsp3) is 0.923. The number of fused-ring (bicyclic) bond motifs is 1. The first kappa shape index (κ1) is 18.4. The SMILES string of the molecule is CO[C@@H]1OC[C@](O)(CCNC(=O)C(F)(F)F)[C@H]2OC(C)(C)O[C@@H]12. The summed E-state index contributed by atoms with van der Waals surface area (Å²) < 4.78 is 58.3. The summed E-state index contributed by atoms with van der Waals surface area (Å²) in [6.45, 7) is 2.69.